The number of hydrogen-bond donors (Lipinski definition) is 1. The Morgan fingerprint density at radius 2 is 2.27 bits per heavy atom. The second-order valence-corrected chi connectivity index (χ2v) is 5.53. The van der Waals surface area contributed by atoms with Crippen LogP contribution in [-0.2, 0) is 12.8 Å². The molecule has 2 aliphatic carbocycles. The van der Waals surface area contributed by atoms with Crippen LogP contribution in [0.2, 0.25) is 5.02 Å². The van der Waals surface area contributed by atoms with Crippen molar-refractivity contribution in [2.24, 2.45) is 17.1 Å². The van der Waals surface area contributed by atoms with Crippen molar-refractivity contribution in [2.45, 2.75) is 25.7 Å². The van der Waals surface area contributed by atoms with Gasteiger partial charge in [0.05, 0.1) is 0 Å². The molecule has 2 N–H and O–H groups in total. The van der Waals surface area contributed by atoms with Crippen LogP contribution >= 0.6 is 11.6 Å². The van der Waals surface area contributed by atoms with Crippen molar-refractivity contribution in [3.05, 3.63) is 34.3 Å². The SMILES string of the molecule is NCC1CC12CCc1cc(Cl)ccc1C2. The summed E-state index contributed by atoms with van der Waals surface area (Å²) in [4.78, 5) is 0. The van der Waals surface area contributed by atoms with Crippen LogP contribution in [0.4, 0.5) is 0 Å². The van der Waals surface area contributed by atoms with E-state index in [1.807, 2.05) is 6.07 Å². The number of nitrogens with two attached hydrogens (primary N) is 1. The van der Waals surface area contributed by atoms with Crippen LogP contribution in [0.15, 0.2) is 18.2 Å². The third kappa shape index (κ3) is 1.49. The highest BCUT2D eigenvalue weighted by atomic mass is 35.5. The van der Waals surface area contributed by atoms with E-state index in [1.165, 1.54) is 36.8 Å². The third-order valence-corrected chi connectivity index (χ3v) is 4.48. The van der Waals surface area contributed by atoms with Gasteiger partial charge in [-0.1, -0.05) is 17.7 Å². The largest absolute Gasteiger partial charge is 0.330 e. The molecule has 0 heterocycles. The lowest BCUT2D eigenvalue weighted by Gasteiger charge is -2.25. The van der Waals surface area contributed by atoms with Gasteiger partial charge in [-0.15, -0.1) is 0 Å². The first-order valence-corrected chi connectivity index (χ1v) is 6.09. The molecular weight excluding hydrogens is 206 g/mol. The summed E-state index contributed by atoms with van der Waals surface area (Å²) in [5.74, 6) is 0.779. The van der Waals surface area contributed by atoms with E-state index in [2.05, 4.69) is 12.1 Å². The maximum absolute atomic E-state index is 6.00. The lowest BCUT2D eigenvalue weighted by atomic mass is 9.80. The molecule has 0 radical (unpaired) electrons. The number of rotatable bonds is 1. The maximum Gasteiger partial charge on any atom is 0.0408 e. The summed E-state index contributed by atoms with van der Waals surface area (Å²) in [5.41, 5.74) is 9.28. The van der Waals surface area contributed by atoms with Gasteiger partial charge in [0, 0.05) is 5.02 Å². The Morgan fingerprint density at radius 1 is 1.40 bits per heavy atom. The van der Waals surface area contributed by atoms with Gasteiger partial charge < -0.3 is 5.73 Å². The van der Waals surface area contributed by atoms with Crippen LogP contribution in [0.25, 0.3) is 0 Å². The molecule has 0 amide bonds. The van der Waals surface area contributed by atoms with Crippen molar-refractivity contribution in [1.82, 2.24) is 0 Å². The molecule has 1 aromatic rings. The summed E-state index contributed by atoms with van der Waals surface area (Å²) in [6.45, 7) is 0.864. The molecule has 2 unspecified atom stereocenters. The molecule has 80 valence electrons. The van der Waals surface area contributed by atoms with Gasteiger partial charge in [0.1, 0.15) is 0 Å². The van der Waals surface area contributed by atoms with Crippen molar-refractivity contribution in [3.63, 3.8) is 0 Å². The summed E-state index contributed by atoms with van der Waals surface area (Å²) in [7, 11) is 0. The first kappa shape index (κ1) is 9.68. The van der Waals surface area contributed by atoms with E-state index in [0.717, 1.165) is 17.5 Å². The molecule has 1 spiro atoms. The van der Waals surface area contributed by atoms with Gasteiger partial charge in [0.2, 0.25) is 0 Å². The van der Waals surface area contributed by atoms with Gasteiger partial charge in [-0.3, -0.25) is 0 Å². The van der Waals surface area contributed by atoms with Gasteiger partial charge >= 0.3 is 0 Å². The zero-order valence-electron chi connectivity index (χ0n) is 8.80. The predicted octanol–water partition coefficient (Wildman–Crippen LogP) is 2.79. The summed E-state index contributed by atoms with van der Waals surface area (Å²) < 4.78 is 0. The van der Waals surface area contributed by atoms with Crippen molar-refractivity contribution >= 4 is 11.6 Å². The van der Waals surface area contributed by atoms with Crippen molar-refractivity contribution in [2.75, 3.05) is 6.54 Å². The lowest BCUT2D eigenvalue weighted by molar-refractivity contribution is 0.396. The second-order valence-electron chi connectivity index (χ2n) is 5.09. The minimum atomic E-state index is 0.565. The van der Waals surface area contributed by atoms with E-state index in [0.29, 0.717) is 5.41 Å². The Kier molecular flexibility index (Phi) is 2.08. The van der Waals surface area contributed by atoms with Crippen LogP contribution in [-0.4, -0.2) is 6.54 Å². The highest BCUT2D eigenvalue weighted by Gasteiger charge is 2.53. The van der Waals surface area contributed by atoms with Crippen LogP contribution in [0.3, 0.4) is 0 Å². The van der Waals surface area contributed by atoms with Gasteiger partial charge in [0.15, 0.2) is 0 Å². The standard InChI is InChI=1S/C13H16ClN/c14-12-2-1-10-6-13(7-11(13)8-15)4-3-9(10)5-12/h1-2,5,11H,3-4,6-8,15H2. The molecule has 0 aromatic heterocycles. The molecule has 2 aliphatic rings. The first-order valence-electron chi connectivity index (χ1n) is 5.71. The zero-order valence-corrected chi connectivity index (χ0v) is 9.56. The number of benzene rings is 1. The Bertz CT molecular complexity index is 402. The molecule has 1 aromatic carbocycles. The Morgan fingerprint density at radius 3 is 3.00 bits per heavy atom. The predicted molar refractivity (Wildman–Crippen MR) is 63.1 cm³/mol. The fourth-order valence-electron chi connectivity index (χ4n) is 3.14. The molecular formula is C13H16ClN. The van der Waals surface area contributed by atoms with E-state index in [4.69, 9.17) is 17.3 Å². The minimum Gasteiger partial charge on any atom is -0.330 e. The average molecular weight is 222 g/mol. The van der Waals surface area contributed by atoms with E-state index in [9.17, 15) is 0 Å². The van der Waals surface area contributed by atoms with Crippen molar-refractivity contribution in [3.8, 4) is 0 Å². The fourth-order valence-corrected chi connectivity index (χ4v) is 3.33. The third-order valence-electron chi connectivity index (χ3n) is 4.25. The molecule has 1 nitrogen and oxygen atoms in total. The number of aryl methyl sites for hydroxylation is 1. The quantitative estimate of drug-likeness (QED) is 0.776. The highest BCUT2D eigenvalue weighted by molar-refractivity contribution is 6.30. The molecule has 0 saturated heterocycles. The lowest BCUT2D eigenvalue weighted by Crippen LogP contribution is -2.20. The van der Waals surface area contributed by atoms with Crippen LogP contribution in [0.1, 0.15) is 24.0 Å². The van der Waals surface area contributed by atoms with Crippen LogP contribution in [0.5, 0.6) is 0 Å². The molecule has 15 heavy (non-hydrogen) atoms. The van der Waals surface area contributed by atoms with Crippen molar-refractivity contribution < 1.29 is 0 Å². The molecule has 0 aliphatic heterocycles. The normalized spacial score (nSPS) is 32.8. The molecule has 2 atom stereocenters. The van der Waals surface area contributed by atoms with Gasteiger partial charge in [0.25, 0.3) is 0 Å². The van der Waals surface area contributed by atoms with E-state index in [1.54, 1.807) is 0 Å². The smallest absolute Gasteiger partial charge is 0.0408 e. The average Bonchev–Trinajstić information content (AvgIpc) is 2.92. The number of hydrogen-bond acceptors (Lipinski definition) is 1. The summed E-state index contributed by atoms with van der Waals surface area (Å²) in [5, 5.41) is 0.871. The van der Waals surface area contributed by atoms with Crippen LogP contribution < -0.4 is 5.73 Å². The molecule has 1 saturated carbocycles. The Balaban J connectivity index is 1.88. The highest BCUT2D eigenvalue weighted by Crippen LogP contribution is 2.59. The van der Waals surface area contributed by atoms with E-state index in [-0.39, 0.29) is 0 Å². The molecule has 2 heteroatoms. The van der Waals surface area contributed by atoms with Gasteiger partial charge in [-0.2, -0.15) is 0 Å². The van der Waals surface area contributed by atoms with Gasteiger partial charge in [-0.05, 0) is 66.8 Å². The second kappa shape index (κ2) is 3.23. The monoisotopic (exact) mass is 221 g/mol. The topological polar surface area (TPSA) is 26.0 Å². The Hall–Kier alpha value is -0.530. The van der Waals surface area contributed by atoms with E-state index >= 15 is 0 Å². The molecule has 1 fully saturated rings. The first-order chi connectivity index (χ1) is 7.23. The van der Waals surface area contributed by atoms with E-state index < -0.39 is 0 Å². The van der Waals surface area contributed by atoms with Gasteiger partial charge in [-0.25, -0.2) is 0 Å². The summed E-state index contributed by atoms with van der Waals surface area (Å²) in [6.07, 6.45) is 5.06. The zero-order chi connectivity index (χ0) is 10.5. The molecule has 0 bridgehead atoms. The summed E-state index contributed by atoms with van der Waals surface area (Å²) >= 11 is 6.00. The van der Waals surface area contributed by atoms with Crippen molar-refractivity contribution in [1.29, 1.82) is 0 Å². The maximum atomic E-state index is 6.00. The number of halogens is 1. The molecule has 3 rings (SSSR count). The minimum absolute atomic E-state index is 0.565. The fraction of sp³-hybridized carbons (Fsp3) is 0.538. The number of fused-ring (bicyclic) bond motifs is 1. The Labute approximate surface area is 95.6 Å². The van der Waals surface area contributed by atoms with Crippen LogP contribution in [0, 0.1) is 11.3 Å². The summed E-state index contributed by atoms with van der Waals surface area (Å²) in [6, 6.07) is 6.34.